The molecule has 0 heterocycles. The van der Waals surface area contributed by atoms with Gasteiger partial charge in [-0.05, 0) is 38.5 Å². The Hall–Kier alpha value is -1.02. The number of hydrogen-bond donors (Lipinski definition) is 3. The summed E-state index contributed by atoms with van der Waals surface area (Å²) >= 11 is 0. The summed E-state index contributed by atoms with van der Waals surface area (Å²) in [5.41, 5.74) is 0. The lowest BCUT2D eigenvalue weighted by molar-refractivity contribution is -0.870. The number of likely N-dealkylation sites (N-methyl/N-ethyl adjacent to an activating group) is 1. The number of nitrogens with one attached hydrogen (secondary N) is 1. The summed E-state index contributed by atoms with van der Waals surface area (Å²) in [7, 11) is 1.62. The number of aliphatic hydroxyl groups is 1. The van der Waals surface area contributed by atoms with E-state index in [4.69, 9.17) is 9.05 Å². The number of amides is 1. The van der Waals surface area contributed by atoms with Gasteiger partial charge in [0, 0.05) is 6.42 Å². The Bertz CT molecular complexity index is 907. The number of carbonyl (C=O) groups is 1. The van der Waals surface area contributed by atoms with Crippen LogP contribution in [0.2, 0.25) is 0 Å². The van der Waals surface area contributed by atoms with Crippen molar-refractivity contribution in [3.63, 3.8) is 0 Å². The number of allylic oxidation sites excluding steroid dienone is 4. The molecule has 0 aliphatic carbocycles. The summed E-state index contributed by atoms with van der Waals surface area (Å²) in [4.78, 5) is 23.1. The van der Waals surface area contributed by atoms with Gasteiger partial charge in [-0.2, -0.15) is 0 Å². The van der Waals surface area contributed by atoms with E-state index < -0.39 is 20.0 Å². The lowest BCUT2D eigenvalue weighted by Gasteiger charge is -2.26. The molecule has 308 valence electrons. The molecule has 8 nitrogen and oxygen atoms in total. The molecule has 0 saturated heterocycles. The quantitative estimate of drug-likeness (QED) is 0.0250. The number of unbranched alkanes of at least 4 members (excludes halogenated alkanes) is 22. The number of quaternary nitrogens is 1. The van der Waals surface area contributed by atoms with Gasteiger partial charge in [-0.25, -0.2) is 4.57 Å². The fourth-order valence-electron chi connectivity index (χ4n) is 6.26. The van der Waals surface area contributed by atoms with E-state index in [2.05, 4.69) is 43.5 Å². The third-order valence-corrected chi connectivity index (χ3v) is 10.7. The first-order chi connectivity index (χ1) is 25.0. The first-order valence-corrected chi connectivity index (χ1v) is 23.2. The van der Waals surface area contributed by atoms with E-state index in [0.717, 1.165) is 51.4 Å². The molecule has 3 unspecified atom stereocenters. The van der Waals surface area contributed by atoms with Crippen molar-refractivity contribution in [2.45, 2.75) is 206 Å². The largest absolute Gasteiger partial charge is 0.472 e. The Kier molecular flexibility index (Phi) is 35.0. The van der Waals surface area contributed by atoms with Gasteiger partial charge in [0.25, 0.3) is 0 Å². The lowest BCUT2D eigenvalue weighted by Crippen LogP contribution is -2.46. The average molecular weight is 758 g/mol. The van der Waals surface area contributed by atoms with Gasteiger partial charge in [0.15, 0.2) is 0 Å². The van der Waals surface area contributed by atoms with Crippen LogP contribution in [0.25, 0.3) is 0 Å². The maximum absolute atomic E-state index is 12.8. The summed E-state index contributed by atoms with van der Waals surface area (Å²) < 4.78 is 23.5. The SMILES string of the molecule is CC/C=C\C/C=C\CCCCCCCCCCCCCCCCC(=O)NC(COP(=O)(O)OCC[N+](C)(C)C)C(O)CCCCCCCCCCC. The number of nitrogens with zero attached hydrogens (tertiary/aromatic N) is 1. The van der Waals surface area contributed by atoms with E-state index in [9.17, 15) is 19.4 Å². The van der Waals surface area contributed by atoms with Crippen LogP contribution in [0.3, 0.4) is 0 Å². The maximum Gasteiger partial charge on any atom is 0.472 e. The molecule has 0 spiro atoms. The Morgan fingerprint density at radius 1 is 0.673 bits per heavy atom. The van der Waals surface area contributed by atoms with Crippen LogP contribution in [0.4, 0.5) is 0 Å². The zero-order valence-electron chi connectivity index (χ0n) is 34.8. The predicted octanol–water partition coefficient (Wildman–Crippen LogP) is 11.7. The van der Waals surface area contributed by atoms with E-state index in [-0.39, 0.29) is 19.1 Å². The van der Waals surface area contributed by atoms with Crippen molar-refractivity contribution in [3.8, 4) is 0 Å². The molecule has 0 aromatic carbocycles. The molecule has 1 amide bonds. The summed E-state index contributed by atoms with van der Waals surface area (Å²) in [6, 6.07) is -0.755. The molecule has 0 aliphatic rings. The van der Waals surface area contributed by atoms with E-state index in [1.165, 1.54) is 116 Å². The second-order valence-electron chi connectivity index (χ2n) is 16.0. The normalized spacial score (nSPS) is 14.7. The molecule has 0 bridgehead atoms. The van der Waals surface area contributed by atoms with Gasteiger partial charge in [0.05, 0.1) is 39.9 Å². The van der Waals surface area contributed by atoms with Crippen LogP contribution in [-0.2, 0) is 18.4 Å². The number of phosphoric ester groups is 1. The van der Waals surface area contributed by atoms with Gasteiger partial charge >= 0.3 is 7.82 Å². The minimum Gasteiger partial charge on any atom is -0.391 e. The van der Waals surface area contributed by atoms with E-state index in [0.29, 0.717) is 23.9 Å². The van der Waals surface area contributed by atoms with E-state index in [1.54, 1.807) is 0 Å². The molecule has 0 aromatic rings. The highest BCUT2D eigenvalue weighted by atomic mass is 31.2. The fraction of sp³-hybridized carbons (Fsp3) is 0.884. The molecule has 52 heavy (non-hydrogen) atoms. The molecule has 0 aliphatic heterocycles. The molecule has 0 saturated carbocycles. The second-order valence-corrected chi connectivity index (χ2v) is 17.5. The molecular formula is C43H86N2O6P+. The van der Waals surface area contributed by atoms with Crippen LogP contribution >= 0.6 is 7.82 Å². The first kappa shape index (κ1) is 51.0. The third kappa shape index (κ3) is 37.3. The molecule has 0 radical (unpaired) electrons. The Morgan fingerprint density at radius 3 is 1.67 bits per heavy atom. The summed E-state index contributed by atoms with van der Waals surface area (Å²) in [5.74, 6) is -0.147. The highest BCUT2D eigenvalue weighted by Crippen LogP contribution is 2.43. The first-order valence-electron chi connectivity index (χ1n) is 21.7. The van der Waals surface area contributed by atoms with Crippen molar-refractivity contribution in [3.05, 3.63) is 24.3 Å². The van der Waals surface area contributed by atoms with E-state index >= 15 is 0 Å². The Balaban J connectivity index is 4.20. The summed E-state index contributed by atoms with van der Waals surface area (Å²) in [6.45, 7) is 4.76. The number of rotatable bonds is 39. The number of hydrogen-bond acceptors (Lipinski definition) is 5. The predicted molar refractivity (Wildman–Crippen MR) is 221 cm³/mol. The molecule has 0 fully saturated rings. The number of carbonyl (C=O) groups excluding carboxylic acids is 1. The van der Waals surface area contributed by atoms with E-state index in [1.807, 2.05) is 21.1 Å². The minimum atomic E-state index is -4.30. The van der Waals surface area contributed by atoms with Gasteiger partial charge in [0.2, 0.25) is 5.91 Å². The fourth-order valence-corrected chi connectivity index (χ4v) is 7.00. The Morgan fingerprint density at radius 2 is 1.15 bits per heavy atom. The molecule has 0 rings (SSSR count). The molecular weight excluding hydrogens is 671 g/mol. The molecule has 9 heteroatoms. The van der Waals surface area contributed by atoms with Crippen molar-refractivity contribution in [1.29, 1.82) is 0 Å². The number of aliphatic hydroxyl groups excluding tert-OH is 1. The zero-order valence-corrected chi connectivity index (χ0v) is 35.7. The maximum atomic E-state index is 12.8. The molecule has 3 N–H and O–H groups in total. The topological polar surface area (TPSA) is 105 Å². The van der Waals surface area contributed by atoms with Crippen LogP contribution in [0.1, 0.15) is 194 Å². The monoisotopic (exact) mass is 758 g/mol. The smallest absolute Gasteiger partial charge is 0.391 e. The molecule has 3 atom stereocenters. The van der Waals surface area contributed by atoms with Crippen molar-refractivity contribution in [2.24, 2.45) is 0 Å². The van der Waals surface area contributed by atoms with Crippen LogP contribution in [0.5, 0.6) is 0 Å². The van der Waals surface area contributed by atoms with Crippen LogP contribution in [0.15, 0.2) is 24.3 Å². The van der Waals surface area contributed by atoms with Gasteiger partial charge in [-0.3, -0.25) is 13.8 Å². The van der Waals surface area contributed by atoms with Gasteiger partial charge in [-0.1, -0.05) is 173 Å². The minimum absolute atomic E-state index is 0.0754. The highest BCUT2D eigenvalue weighted by Gasteiger charge is 2.28. The van der Waals surface area contributed by atoms with Crippen molar-refractivity contribution < 1.29 is 32.9 Å². The van der Waals surface area contributed by atoms with Gasteiger partial charge < -0.3 is 19.8 Å². The zero-order chi connectivity index (χ0) is 38.6. The Labute approximate surface area is 322 Å². The van der Waals surface area contributed by atoms with Crippen LogP contribution < -0.4 is 5.32 Å². The average Bonchev–Trinajstić information content (AvgIpc) is 3.09. The summed E-state index contributed by atoms with van der Waals surface area (Å²) in [6.07, 6.45) is 40.7. The third-order valence-electron chi connectivity index (χ3n) is 9.71. The van der Waals surface area contributed by atoms with Crippen molar-refractivity contribution in [2.75, 3.05) is 40.9 Å². The van der Waals surface area contributed by atoms with Crippen molar-refractivity contribution in [1.82, 2.24) is 5.32 Å². The summed E-state index contributed by atoms with van der Waals surface area (Å²) in [5, 5.41) is 13.9. The van der Waals surface area contributed by atoms with Gasteiger partial charge in [-0.15, -0.1) is 0 Å². The van der Waals surface area contributed by atoms with Crippen molar-refractivity contribution >= 4 is 13.7 Å². The standard InChI is InChI=1S/C43H85N2O6P/c1-6-8-10-12-14-16-17-18-19-20-21-22-23-24-25-26-27-29-31-33-35-37-43(47)44-41(40-51-52(48,49)50-39-38-45(3,4)5)42(46)36-34-32-30-28-15-13-11-9-7-2/h8,10,14,16,41-42,46H,6-7,9,11-13,15,17-40H2,1-5H3,(H-,44,47,48,49)/p+1/b10-8-,16-14-. The van der Waals surface area contributed by atoms with Crippen LogP contribution in [0, 0.1) is 0 Å². The highest BCUT2D eigenvalue weighted by molar-refractivity contribution is 7.47. The number of phosphoric acid groups is 1. The van der Waals surface area contributed by atoms with Crippen LogP contribution in [-0.4, -0.2) is 73.4 Å². The van der Waals surface area contributed by atoms with Gasteiger partial charge in [0.1, 0.15) is 13.2 Å². The molecule has 0 aromatic heterocycles. The lowest BCUT2D eigenvalue weighted by atomic mass is 10.0. The second kappa shape index (κ2) is 35.7.